The number of nitrogens with one attached hydrogen (secondary N) is 1. The lowest BCUT2D eigenvalue weighted by atomic mass is 9.90. The molecule has 1 aliphatic heterocycles. The molecule has 0 radical (unpaired) electrons. The van der Waals surface area contributed by atoms with Crippen LogP contribution < -0.4 is 5.32 Å². The summed E-state index contributed by atoms with van der Waals surface area (Å²) in [6.07, 6.45) is 5.95. The third-order valence-electron chi connectivity index (χ3n) is 4.61. The van der Waals surface area contributed by atoms with Crippen molar-refractivity contribution in [3.63, 3.8) is 0 Å². The molecule has 0 unspecified atom stereocenters. The third-order valence-corrected chi connectivity index (χ3v) is 5.85. The summed E-state index contributed by atoms with van der Waals surface area (Å²) in [6, 6.07) is 2.08. The van der Waals surface area contributed by atoms with Crippen molar-refractivity contribution in [2.24, 2.45) is 5.92 Å². The van der Waals surface area contributed by atoms with Crippen molar-refractivity contribution in [3.8, 4) is 0 Å². The van der Waals surface area contributed by atoms with Crippen LogP contribution in [0.2, 0.25) is 0 Å². The van der Waals surface area contributed by atoms with Gasteiger partial charge in [0.1, 0.15) is 0 Å². The summed E-state index contributed by atoms with van der Waals surface area (Å²) < 4.78 is 0. The summed E-state index contributed by atoms with van der Waals surface area (Å²) in [5, 5.41) is 2.99. The standard InChI is InChI=1S/C17H24N2O2S/c1-12-5-6-14-13(10-12)11-15(22-14)17(21)18-7-3-9-19-8-2-4-16(19)20/h11-12H,2-10H2,1H3,(H,18,21)/t12-/m0/s1. The number of likely N-dealkylation sites (tertiary alicyclic amines) is 1. The van der Waals surface area contributed by atoms with Gasteiger partial charge in [-0.2, -0.15) is 0 Å². The van der Waals surface area contributed by atoms with Crippen molar-refractivity contribution in [3.05, 3.63) is 21.4 Å². The zero-order chi connectivity index (χ0) is 15.5. The molecule has 2 aliphatic rings. The first-order valence-corrected chi connectivity index (χ1v) is 9.12. The molecule has 1 aromatic heterocycles. The van der Waals surface area contributed by atoms with Crippen LogP contribution in [0, 0.1) is 5.92 Å². The van der Waals surface area contributed by atoms with E-state index in [1.807, 2.05) is 4.90 Å². The number of carbonyl (C=O) groups is 2. The molecule has 0 bridgehead atoms. The van der Waals surface area contributed by atoms with Gasteiger partial charge in [0.25, 0.3) is 5.91 Å². The Hall–Kier alpha value is -1.36. The van der Waals surface area contributed by atoms with Gasteiger partial charge in [-0.05, 0) is 49.7 Å². The molecule has 4 nitrogen and oxygen atoms in total. The molecule has 1 N–H and O–H groups in total. The first kappa shape index (κ1) is 15.5. The first-order chi connectivity index (χ1) is 10.6. The Kier molecular flexibility index (Phi) is 4.81. The summed E-state index contributed by atoms with van der Waals surface area (Å²) in [7, 11) is 0. The van der Waals surface area contributed by atoms with Crippen LogP contribution in [-0.2, 0) is 17.6 Å². The molecule has 5 heteroatoms. The lowest BCUT2D eigenvalue weighted by molar-refractivity contribution is -0.127. The van der Waals surface area contributed by atoms with E-state index in [4.69, 9.17) is 0 Å². The summed E-state index contributed by atoms with van der Waals surface area (Å²) in [5.74, 6) is 1.03. The SMILES string of the molecule is C[C@H]1CCc2sc(C(=O)NCCCN3CCCC3=O)cc2C1. The van der Waals surface area contributed by atoms with Crippen molar-refractivity contribution in [1.29, 1.82) is 0 Å². The van der Waals surface area contributed by atoms with E-state index in [-0.39, 0.29) is 11.8 Å². The number of amides is 2. The number of hydrogen-bond acceptors (Lipinski definition) is 3. The Bertz CT molecular complexity index is 567. The van der Waals surface area contributed by atoms with Crippen LogP contribution >= 0.6 is 11.3 Å². The lowest BCUT2D eigenvalue weighted by Gasteiger charge is -2.16. The van der Waals surface area contributed by atoms with Crippen LogP contribution in [0.5, 0.6) is 0 Å². The van der Waals surface area contributed by atoms with E-state index in [0.29, 0.717) is 13.0 Å². The molecular formula is C17H24N2O2S. The maximum absolute atomic E-state index is 12.2. The minimum atomic E-state index is 0.0415. The van der Waals surface area contributed by atoms with E-state index in [2.05, 4.69) is 18.3 Å². The fraction of sp³-hybridized carbons (Fsp3) is 0.647. The normalized spacial score (nSPS) is 21.0. The zero-order valence-electron chi connectivity index (χ0n) is 13.2. The largest absolute Gasteiger partial charge is 0.351 e. The number of aryl methyl sites for hydroxylation is 1. The monoisotopic (exact) mass is 320 g/mol. The van der Waals surface area contributed by atoms with Gasteiger partial charge in [0.2, 0.25) is 5.91 Å². The highest BCUT2D eigenvalue weighted by atomic mass is 32.1. The number of thiophene rings is 1. The van der Waals surface area contributed by atoms with E-state index in [1.54, 1.807) is 11.3 Å². The van der Waals surface area contributed by atoms with E-state index in [9.17, 15) is 9.59 Å². The van der Waals surface area contributed by atoms with Crippen molar-refractivity contribution in [2.45, 2.75) is 45.4 Å². The average Bonchev–Trinajstić information content (AvgIpc) is 3.09. The lowest BCUT2D eigenvalue weighted by Crippen LogP contribution is -2.30. The second-order valence-electron chi connectivity index (χ2n) is 6.50. The zero-order valence-corrected chi connectivity index (χ0v) is 14.0. The van der Waals surface area contributed by atoms with E-state index < -0.39 is 0 Å². The molecule has 1 aromatic rings. The minimum absolute atomic E-state index is 0.0415. The predicted octanol–water partition coefficient (Wildman–Crippen LogP) is 2.62. The fourth-order valence-corrected chi connectivity index (χ4v) is 4.44. The van der Waals surface area contributed by atoms with Gasteiger partial charge in [-0.1, -0.05) is 6.92 Å². The topological polar surface area (TPSA) is 49.4 Å². The summed E-state index contributed by atoms with van der Waals surface area (Å²) >= 11 is 1.65. The average molecular weight is 320 g/mol. The molecule has 3 rings (SSSR count). The Morgan fingerprint density at radius 2 is 2.32 bits per heavy atom. The van der Waals surface area contributed by atoms with Gasteiger partial charge >= 0.3 is 0 Å². The Labute approximate surface area is 135 Å². The van der Waals surface area contributed by atoms with E-state index in [1.165, 1.54) is 16.9 Å². The molecule has 22 heavy (non-hydrogen) atoms. The van der Waals surface area contributed by atoms with Crippen LogP contribution in [-0.4, -0.2) is 36.3 Å². The molecule has 1 fully saturated rings. The highest BCUT2D eigenvalue weighted by molar-refractivity contribution is 7.14. The van der Waals surface area contributed by atoms with Crippen molar-refractivity contribution in [1.82, 2.24) is 10.2 Å². The molecule has 0 saturated carbocycles. The maximum atomic E-state index is 12.2. The Morgan fingerprint density at radius 3 is 3.09 bits per heavy atom. The highest BCUT2D eigenvalue weighted by Crippen LogP contribution is 2.32. The van der Waals surface area contributed by atoms with Crippen LogP contribution in [0.25, 0.3) is 0 Å². The van der Waals surface area contributed by atoms with Crippen molar-refractivity contribution in [2.75, 3.05) is 19.6 Å². The second kappa shape index (κ2) is 6.82. The Balaban J connectivity index is 1.45. The Morgan fingerprint density at radius 1 is 1.45 bits per heavy atom. The highest BCUT2D eigenvalue weighted by Gasteiger charge is 2.21. The quantitative estimate of drug-likeness (QED) is 0.848. The van der Waals surface area contributed by atoms with Gasteiger partial charge in [0.05, 0.1) is 4.88 Å². The number of nitrogens with zero attached hydrogens (tertiary/aromatic N) is 1. The van der Waals surface area contributed by atoms with Gasteiger partial charge in [-0.15, -0.1) is 11.3 Å². The third kappa shape index (κ3) is 3.51. The molecule has 1 aliphatic carbocycles. The maximum Gasteiger partial charge on any atom is 0.261 e. The van der Waals surface area contributed by atoms with E-state index >= 15 is 0 Å². The molecule has 120 valence electrons. The summed E-state index contributed by atoms with van der Waals surface area (Å²) in [6.45, 7) is 4.56. The van der Waals surface area contributed by atoms with Gasteiger partial charge in [0.15, 0.2) is 0 Å². The number of carbonyl (C=O) groups excluding carboxylic acids is 2. The summed E-state index contributed by atoms with van der Waals surface area (Å²) in [5.41, 5.74) is 1.37. The predicted molar refractivity (Wildman–Crippen MR) is 88.3 cm³/mol. The number of fused-ring (bicyclic) bond motifs is 1. The first-order valence-electron chi connectivity index (χ1n) is 8.31. The second-order valence-corrected chi connectivity index (χ2v) is 7.64. The number of hydrogen-bond donors (Lipinski definition) is 1. The van der Waals surface area contributed by atoms with Crippen LogP contribution in [0.1, 0.15) is 52.7 Å². The smallest absolute Gasteiger partial charge is 0.261 e. The summed E-state index contributed by atoms with van der Waals surface area (Å²) in [4.78, 5) is 27.9. The fourth-order valence-electron chi connectivity index (χ4n) is 3.32. The molecule has 0 aromatic carbocycles. The van der Waals surface area contributed by atoms with Gasteiger partial charge in [-0.25, -0.2) is 0 Å². The van der Waals surface area contributed by atoms with Crippen molar-refractivity contribution >= 4 is 23.2 Å². The van der Waals surface area contributed by atoms with Gasteiger partial charge in [-0.3, -0.25) is 9.59 Å². The molecule has 1 atom stereocenters. The van der Waals surface area contributed by atoms with Crippen molar-refractivity contribution < 1.29 is 9.59 Å². The van der Waals surface area contributed by atoms with E-state index in [0.717, 1.165) is 49.6 Å². The molecule has 2 amide bonds. The minimum Gasteiger partial charge on any atom is -0.351 e. The molecular weight excluding hydrogens is 296 g/mol. The van der Waals surface area contributed by atoms with Crippen LogP contribution in [0.15, 0.2) is 6.07 Å². The van der Waals surface area contributed by atoms with Gasteiger partial charge < -0.3 is 10.2 Å². The van der Waals surface area contributed by atoms with Crippen LogP contribution in [0.4, 0.5) is 0 Å². The molecule has 2 heterocycles. The molecule has 0 spiro atoms. The van der Waals surface area contributed by atoms with Crippen LogP contribution in [0.3, 0.4) is 0 Å². The number of rotatable bonds is 5. The molecule has 1 saturated heterocycles. The van der Waals surface area contributed by atoms with Gasteiger partial charge in [0, 0.05) is 30.9 Å².